The largest absolute Gasteiger partial charge is 0.481 e. The Morgan fingerprint density at radius 2 is 1.09 bits per heavy atom. The van der Waals surface area contributed by atoms with E-state index in [0.29, 0.717) is 12.8 Å². The Balaban J connectivity index is 4.23. The van der Waals surface area contributed by atoms with Crippen molar-refractivity contribution in [3.63, 3.8) is 0 Å². The maximum atomic E-state index is 12.3. The number of hydrogen-bond donors (Lipinski definition) is 2. The molecule has 0 amide bonds. The summed E-state index contributed by atoms with van der Waals surface area (Å²) in [6, 6.07) is 0. The van der Waals surface area contributed by atoms with E-state index >= 15 is 0 Å². The van der Waals surface area contributed by atoms with Crippen LogP contribution in [0.2, 0.25) is 0 Å². The number of aliphatic hydroxyl groups is 1. The Hall–Kier alpha value is -1.96. The van der Waals surface area contributed by atoms with Gasteiger partial charge in [0.1, 0.15) is 0 Å². The van der Waals surface area contributed by atoms with Gasteiger partial charge in [-0.1, -0.05) is 104 Å². The standard InChI is InChI=1S/C27H48O8/c1-3-5-7-9-10-11-12-13-14-16-18-20-34-26(32)27(33,21-23(28)29)22-25(31)35-24(30)19-17-15-8-6-4-2/h33H,3-22H2,1-2H3,(H,28,29). The van der Waals surface area contributed by atoms with Gasteiger partial charge >= 0.3 is 23.9 Å². The molecule has 8 nitrogen and oxygen atoms in total. The molecule has 0 bridgehead atoms. The summed E-state index contributed by atoms with van der Waals surface area (Å²) in [6.45, 7) is 4.32. The Morgan fingerprint density at radius 1 is 0.629 bits per heavy atom. The monoisotopic (exact) mass is 500 g/mol. The molecule has 204 valence electrons. The van der Waals surface area contributed by atoms with Crippen LogP contribution < -0.4 is 0 Å². The average Bonchev–Trinajstić information content (AvgIpc) is 2.78. The zero-order chi connectivity index (χ0) is 26.4. The number of ether oxygens (including phenoxy) is 2. The van der Waals surface area contributed by atoms with E-state index in [9.17, 15) is 24.3 Å². The summed E-state index contributed by atoms with van der Waals surface area (Å²) in [5.74, 6) is -4.54. The van der Waals surface area contributed by atoms with Crippen LogP contribution in [0.5, 0.6) is 0 Å². The summed E-state index contributed by atoms with van der Waals surface area (Å²) >= 11 is 0. The highest BCUT2D eigenvalue weighted by atomic mass is 16.6. The lowest BCUT2D eigenvalue weighted by molar-refractivity contribution is -0.178. The van der Waals surface area contributed by atoms with Gasteiger partial charge < -0.3 is 19.7 Å². The van der Waals surface area contributed by atoms with Gasteiger partial charge in [0.05, 0.1) is 19.4 Å². The summed E-state index contributed by atoms with van der Waals surface area (Å²) in [5.41, 5.74) is -2.57. The number of hydrogen-bond acceptors (Lipinski definition) is 7. The highest BCUT2D eigenvalue weighted by molar-refractivity contribution is 5.92. The van der Waals surface area contributed by atoms with Crippen LogP contribution >= 0.6 is 0 Å². The van der Waals surface area contributed by atoms with Crippen LogP contribution in [-0.4, -0.2) is 46.3 Å². The Labute approximate surface area is 211 Å². The van der Waals surface area contributed by atoms with Crippen LogP contribution in [0.3, 0.4) is 0 Å². The second-order valence-electron chi connectivity index (χ2n) is 9.46. The van der Waals surface area contributed by atoms with Crippen molar-refractivity contribution < 1.29 is 38.9 Å². The van der Waals surface area contributed by atoms with E-state index in [1.165, 1.54) is 44.9 Å². The third-order valence-electron chi connectivity index (χ3n) is 5.95. The molecule has 0 saturated heterocycles. The summed E-state index contributed by atoms with van der Waals surface area (Å²) in [7, 11) is 0. The minimum Gasteiger partial charge on any atom is -0.481 e. The number of carboxylic acid groups (broad SMARTS) is 1. The number of rotatable bonds is 23. The van der Waals surface area contributed by atoms with Gasteiger partial charge in [-0.05, 0) is 12.8 Å². The second kappa shape index (κ2) is 21.3. The number of carboxylic acids is 1. The van der Waals surface area contributed by atoms with Crippen molar-refractivity contribution >= 4 is 23.9 Å². The van der Waals surface area contributed by atoms with Crippen LogP contribution in [0.1, 0.15) is 136 Å². The molecule has 1 unspecified atom stereocenters. The first-order valence-corrected chi connectivity index (χ1v) is 13.6. The fourth-order valence-electron chi connectivity index (χ4n) is 3.85. The Morgan fingerprint density at radius 3 is 1.57 bits per heavy atom. The molecule has 0 aliphatic heterocycles. The van der Waals surface area contributed by atoms with Crippen LogP contribution in [0.25, 0.3) is 0 Å². The molecule has 0 rings (SSSR count). The lowest BCUT2D eigenvalue weighted by Crippen LogP contribution is -2.44. The van der Waals surface area contributed by atoms with Crippen molar-refractivity contribution in [2.45, 2.75) is 141 Å². The molecule has 0 heterocycles. The lowest BCUT2D eigenvalue weighted by atomic mass is 9.95. The first kappa shape index (κ1) is 33.0. The van der Waals surface area contributed by atoms with E-state index in [0.717, 1.165) is 44.9 Å². The molecule has 0 spiro atoms. The topological polar surface area (TPSA) is 127 Å². The van der Waals surface area contributed by atoms with Gasteiger partial charge in [-0.3, -0.25) is 14.4 Å². The Kier molecular flexibility index (Phi) is 20.1. The number of carbonyl (C=O) groups excluding carboxylic acids is 3. The molecule has 0 aliphatic carbocycles. The van der Waals surface area contributed by atoms with Crippen LogP contribution in [0, 0.1) is 0 Å². The van der Waals surface area contributed by atoms with E-state index in [4.69, 9.17) is 9.84 Å². The smallest absolute Gasteiger partial charge is 0.339 e. The van der Waals surface area contributed by atoms with Gasteiger partial charge in [0.2, 0.25) is 0 Å². The van der Waals surface area contributed by atoms with Gasteiger partial charge in [-0.2, -0.15) is 0 Å². The normalized spacial score (nSPS) is 12.7. The third kappa shape index (κ3) is 19.0. The minimum atomic E-state index is -2.57. The first-order chi connectivity index (χ1) is 16.7. The molecular weight excluding hydrogens is 452 g/mol. The lowest BCUT2D eigenvalue weighted by Gasteiger charge is -2.23. The van der Waals surface area contributed by atoms with Crippen LogP contribution in [0.15, 0.2) is 0 Å². The van der Waals surface area contributed by atoms with Gasteiger partial charge in [0.25, 0.3) is 0 Å². The van der Waals surface area contributed by atoms with Crippen molar-refractivity contribution in [2.75, 3.05) is 6.61 Å². The van der Waals surface area contributed by atoms with Crippen molar-refractivity contribution in [3.8, 4) is 0 Å². The average molecular weight is 501 g/mol. The molecule has 35 heavy (non-hydrogen) atoms. The molecule has 0 fully saturated rings. The SMILES string of the molecule is CCCCCCCCCCCCCOC(=O)C(O)(CC(=O)O)CC(=O)OC(=O)CCCCCCC. The summed E-state index contributed by atoms with van der Waals surface area (Å²) in [4.78, 5) is 47.4. The van der Waals surface area contributed by atoms with Gasteiger partial charge in [-0.25, -0.2) is 4.79 Å². The van der Waals surface area contributed by atoms with E-state index in [2.05, 4.69) is 18.6 Å². The number of esters is 3. The predicted molar refractivity (Wildman–Crippen MR) is 134 cm³/mol. The van der Waals surface area contributed by atoms with E-state index < -0.39 is 42.3 Å². The molecule has 8 heteroatoms. The minimum absolute atomic E-state index is 0.0313. The van der Waals surface area contributed by atoms with E-state index in [1.807, 2.05) is 0 Å². The summed E-state index contributed by atoms with van der Waals surface area (Å²) in [6.07, 6.45) is 15.1. The highest BCUT2D eigenvalue weighted by Gasteiger charge is 2.43. The zero-order valence-electron chi connectivity index (χ0n) is 22.0. The highest BCUT2D eigenvalue weighted by Crippen LogP contribution is 2.20. The summed E-state index contributed by atoms with van der Waals surface area (Å²) < 4.78 is 9.72. The van der Waals surface area contributed by atoms with E-state index in [-0.39, 0.29) is 13.0 Å². The van der Waals surface area contributed by atoms with Crippen molar-refractivity contribution in [1.82, 2.24) is 0 Å². The fraction of sp³-hybridized carbons (Fsp3) is 0.852. The molecule has 0 aromatic heterocycles. The molecule has 0 aromatic carbocycles. The van der Waals surface area contributed by atoms with Gasteiger partial charge in [0.15, 0.2) is 5.60 Å². The molecule has 0 aromatic rings. The molecular formula is C27H48O8. The summed E-state index contributed by atoms with van der Waals surface area (Å²) in [5, 5.41) is 19.6. The van der Waals surface area contributed by atoms with Crippen molar-refractivity contribution in [1.29, 1.82) is 0 Å². The van der Waals surface area contributed by atoms with Crippen LogP contribution in [0.4, 0.5) is 0 Å². The number of carbonyl (C=O) groups is 4. The maximum absolute atomic E-state index is 12.3. The quantitative estimate of drug-likeness (QED) is 0.101. The molecule has 0 aliphatic rings. The van der Waals surface area contributed by atoms with Crippen molar-refractivity contribution in [2.24, 2.45) is 0 Å². The fourth-order valence-corrected chi connectivity index (χ4v) is 3.85. The second-order valence-corrected chi connectivity index (χ2v) is 9.46. The zero-order valence-corrected chi connectivity index (χ0v) is 22.0. The van der Waals surface area contributed by atoms with Gasteiger partial charge in [0, 0.05) is 6.42 Å². The molecule has 0 saturated carbocycles. The number of aliphatic carboxylic acids is 1. The third-order valence-corrected chi connectivity index (χ3v) is 5.95. The van der Waals surface area contributed by atoms with Crippen LogP contribution in [-0.2, 0) is 28.7 Å². The molecule has 2 N–H and O–H groups in total. The Bertz CT molecular complexity index is 604. The van der Waals surface area contributed by atoms with Gasteiger partial charge in [-0.15, -0.1) is 0 Å². The molecule has 0 radical (unpaired) electrons. The predicted octanol–water partition coefficient (Wildman–Crippen LogP) is 5.87. The van der Waals surface area contributed by atoms with Crippen molar-refractivity contribution in [3.05, 3.63) is 0 Å². The first-order valence-electron chi connectivity index (χ1n) is 13.6. The number of unbranched alkanes of at least 4 members (excludes halogenated alkanes) is 14. The maximum Gasteiger partial charge on any atom is 0.339 e. The molecule has 1 atom stereocenters. The van der Waals surface area contributed by atoms with E-state index in [1.54, 1.807) is 0 Å².